The number of allylic oxidation sites excluding steroid dienone is 2. The SMILES string of the molecule is CC.CC12CCC(C(=O)OCc3ccccc3)CC1C1=CC(=O)C3C(C)(CCC4C(C)(C)C(NC(=O)COCC(=O)O)CCC43C)C1CC2. The number of rotatable bonds is 8. The Labute approximate surface area is 293 Å². The first-order valence-electron chi connectivity index (χ1n) is 18.7. The highest BCUT2D eigenvalue weighted by molar-refractivity contribution is 5.95. The summed E-state index contributed by atoms with van der Waals surface area (Å²) < 4.78 is 10.9. The van der Waals surface area contributed by atoms with Crippen LogP contribution in [-0.2, 0) is 35.3 Å². The highest BCUT2D eigenvalue weighted by Gasteiger charge is 2.66. The van der Waals surface area contributed by atoms with Gasteiger partial charge in [-0.2, -0.15) is 0 Å². The Morgan fingerprint density at radius 1 is 0.857 bits per heavy atom. The third-order valence-electron chi connectivity index (χ3n) is 13.8. The molecule has 4 saturated carbocycles. The largest absolute Gasteiger partial charge is 0.480 e. The number of nitrogens with one attached hydrogen (secondary N) is 1. The van der Waals surface area contributed by atoms with E-state index in [0.29, 0.717) is 12.5 Å². The molecule has 1 aromatic rings. The van der Waals surface area contributed by atoms with Crippen LogP contribution in [0.3, 0.4) is 0 Å². The van der Waals surface area contributed by atoms with Crippen molar-refractivity contribution < 1.29 is 33.8 Å². The van der Waals surface area contributed by atoms with Crippen LogP contribution in [0.1, 0.15) is 112 Å². The van der Waals surface area contributed by atoms with Gasteiger partial charge in [-0.05, 0) is 109 Å². The van der Waals surface area contributed by atoms with E-state index in [2.05, 4.69) is 39.9 Å². The molecule has 8 heteroatoms. The van der Waals surface area contributed by atoms with Crippen LogP contribution in [0.15, 0.2) is 42.0 Å². The average Bonchev–Trinajstić information content (AvgIpc) is 3.05. The molecule has 5 aliphatic rings. The number of carbonyl (C=O) groups excluding carboxylic acids is 3. The number of benzene rings is 1. The molecule has 0 bridgehead atoms. The van der Waals surface area contributed by atoms with Crippen LogP contribution in [0.4, 0.5) is 0 Å². The van der Waals surface area contributed by atoms with Crippen LogP contribution in [0.25, 0.3) is 0 Å². The van der Waals surface area contributed by atoms with Crippen LogP contribution in [0.5, 0.6) is 0 Å². The quantitative estimate of drug-likeness (QED) is 0.273. The second-order valence-corrected chi connectivity index (χ2v) is 16.8. The molecular formula is C41H59NO7. The smallest absolute Gasteiger partial charge is 0.329 e. The van der Waals surface area contributed by atoms with Gasteiger partial charge in [-0.3, -0.25) is 14.4 Å². The van der Waals surface area contributed by atoms with Crippen molar-refractivity contribution in [2.45, 2.75) is 119 Å². The van der Waals surface area contributed by atoms with Crippen molar-refractivity contribution >= 4 is 23.6 Å². The molecule has 0 spiro atoms. The van der Waals surface area contributed by atoms with Crippen molar-refractivity contribution in [2.75, 3.05) is 13.2 Å². The number of fused-ring (bicyclic) bond motifs is 7. The molecule has 1 amide bonds. The van der Waals surface area contributed by atoms with Gasteiger partial charge in [0.1, 0.15) is 19.8 Å². The molecule has 0 aromatic heterocycles. The molecule has 6 rings (SSSR count). The number of hydrogen-bond donors (Lipinski definition) is 2. The van der Waals surface area contributed by atoms with Gasteiger partial charge in [0.25, 0.3) is 0 Å². The normalized spacial score (nSPS) is 37.4. The summed E-state index contributed by atoms with van der Waals surface area (Å²) in [4.78, 5) is 51.4. The van der Waals surface area contributed by atoms with Crippen LogP contribution >= 0.6 is 0 Å². The molecule has 1 aromatic carbocycles. The Balaban J connectivity index is 0.00000230. The zero-order chi connectivity index (χ0) is 35.8. The fourth-order valence-electron chi connectivity index (χ4n) is 11.6. The lowest BCUT2D eigenvalue weighted by Gasteiger charge is -2.67. The van der Waals surface area contributed by atoms with Gasteiger partial charge in [0.15, 0.2) is 5.78 Å². The van der Waals surface area contributed by atoms with E-state index < -0.39 is 12.6 Å². The molecular weight excluding hydrogens is 618 g/mol. The lowest BCUT2D eigenvalue weighted by molar-refractivity contribution is -0.174. The number of carbonyl (C=O) groups is 4. The van der Waals surface area contributed by atoms with Gasteiger partial charge in [-0.25, -0.2) is 4.79 Å². The Hall–Kier alpha value is -3.00. The molecule has 0 aliphatic heterocycles. The van der Waals surface area contributed by atoms with E-state index in [0.717, 1.165) is 63.4 Å². The second kappa shape index (κ2) is 14.3. The maximum Gasteiger partial charge on any atom is 0.329 e. The van der Waals surface area contributed by atoms with Gasteiger partial charge in [-0.15, -0.1) is 0 Å². The summed E-state index contributed by atoms with van der Waals surface area (Å²) in [7, 11) is 0. The molecule has 2 N–H and O–H groups in total. The number of aliphatic carboxylic acids is 1. The Morgan fingerprint density at radius 3 is 2.22 bits per heavy atom. The highest BCUT2D eigenvalue weighted by atomic mass is 16.5. The van der Waals surface area contributed by atoms with Crippen LogP contribution in [-0.4, -0.2) is 48.0 Å². The lowest BCUT2D eigenvalue weighted by Crippen LogP contribution is -2.65. The Morgan fingerprint density at radius 2 is 1.53 bits per heavy atom. The number of carboxylic acids is 1. The zero-order valence-electron chi connectivity index (χ0n) is 30.8. The maximum absolute atomic E-state index is 14.5. The fraction of sp³-hybridized carbons (Fsp3) is 0.707. The van der Waals surface area contributed by atoms with Crippen molar-refractivity contribution in [2.24, 2.45) is 51.2 Å². The van der Waals surface area contributed by atoms with Crippen LogP contribution in [0.2, 0.25) is 0 Å². The first-order chi connectivity index (χ1) is 23.2. The van der Waals surface area contributed by atoms with E-state index >= 15 is 0 Å². The Bertz CT molecular complexity index is 1440. The second-order valence-electron chi connectivity index (χ2n) is 16.8. The molecule has 9 atom stereocenters. The summed E-state index contributed by atoms with van der Waals surface area (Å²) in [5.74, 6) is -0.703. The molecule has 0 saturated heterocycles. The molecule has 49 heavy (non-hydrogen) atoms. The average molecular weight is 678 g/mol. The third kappa shape index (κ3) is 6.88. The minimum Gasteiger partial charge on any atom is -0.480 e. The van der Waals surface area contributed by atoms with Gasteiger partial charge in [0.2, 0.25) is 5.91 Å². The summed E-state index contributed by atoms with van der Waals surface area (Å²) in [6, 6.07) is 9.75. The number of ether oxygens (including phenoxy) is 2. The van der Waals surface area contributed by atoms with Gasteiger partial charge < -0.3 is 19.9 Å². The van der Waals surface area contributed by atoms with E-state index in [1.807, 2.05) is 50.3 Å². The predicted octanol–water partition coefficient (Wildman–Crippen LogP) is 7.54. The summed E-state index contributed by atoms with van der Waals surface area (Å²) in [5, 5.41) is 12.0. The summed E-state index contributed by atoms with van der Waals surface area (Å²) in [5.41, 5.74) is 1.79. The Kier molecular flexibility index (Phi) is 10.9. The van der Waals surface area contributed by atoms with Crippen LogP contribution < -0.4 is 5.32 Å². The van der Waals surface area contributed by atoms with E-state index in [4.69, 9.17) is 14.6 Å². The predicted molar refractivity (Wildman–Crippen MR) is 188 cm³/mol. The van der Waals surface area contributed by atoms with Crippen LogP contribution in [0, 0.1) is 51.2 Å². The molecule has 5 aliphatic carbocycles. The van der Waals surface area contributed by atoms with E-state index in [9.17, 15) is 19.2 Å². The fourth-order valence-corrected chi connectivity index (χ4v) is 11.6. The molecule has 8 nitrogen and oxygen atoms in total. The van der Waals surface area contributed by atoms with Crippen molar-refractivity contribution in [3.8, 4) is 0 Å². The summed E-state index contributed by atoms with van der Waals surface area (Å²) >= 11 is 0. The first-order valence-corrected chi connectivity index (χ1v) is 18.7. The van der Waals surface area contributed by atoms with E-state index in [1.165, 1.54) is 5.57 Å². The standard InChI is InChI=1S/C39H53NO7.C2H6/c1-36(2)30-13-17-38(4)27-12-16-37(3)15-11-25(35(45)47-21-24-9-7-6-8-10-24)19-28(37)26(27)20-29(41)34(38)39(30,5)18-14-31(36)40-32(42)22-46-23-33(43)44;1-2/h6-10,20,25,27-28,30-31,34H,11-19,21-23H2,1-5H3,(H,40,42)(H,43,44);1-2H3. The summed E-state index contributed by atoms with van der Waals surface area (Å²) in [6.07, 6.45) is 10.4. The monoisotopic (exact) mass is 677 g/mol. The van der Waals surface area contributed by atoms with E-state index in [-0.39, 0.29) is 75.6 Å². The first kappa shape index (κ1) is 37.3. The lowest BCUT2D eigenvalue weighted by atomic mass is 9.37. The molecule has 0 radical (unpaired) electrons. The number of carboxylic acid groups (broad SMARTS) is 1. The highest BCUT2D eigenvalue weighted by Crippen LogP contribution is 2.71. The molecule has 270 valence electrons. The van der Waals surface area contributed by atoms with Crippen molar-refractivity contribution in [1.82, 2.24) is 5.32 Å². The molecule has 0 heterocycles. The number of hydrogen-bond acceptors (Lipinski definition) is 6. The summed E-state index contributed by atoms with van der Waals surface area (Å²) in [6.45, 7) is 15.1. The number of esters is 1. The molecule has 9 unspecified atom stereocenters. The van der Waals surface area contributed by atoms with Gasteiger partial charge in [0, 0.05) is 12.0 Å². The van der Waals surface area contributed by atoms with Crippen molar-refractivity contribution in [3.05, 3.63) is 47.5 Å². The maximum atomic E-state index is 14.5. The van der Waals surface area contributed by atoms with Gasteiger partial charge >= 0.3 is 11.9 Å². The topological polar surface area (TPSA) is 119 Å². The van der Waals surface area contributed by atoms with Gasteiger partial charge in [-0.1, -0.05) is 84.4 Å². The minimum atomic E-state index is -1.10. The number of ketones is 1. The number of amides is 1. The van der Waals surface area contributed by atoms with Crippen molar-refractivity contribution in [1.29, 1.82) is 0 Å². The third-order valence-corrected chi connectivity index (χ3v) is 13.8. The van der Waals surface area contributed by atoms with Gasteiger partial charge in [0.05, 0.1) is 5.92 Å². The minimum absolute atomic E-state index is 0.0770. The molecule has 4 fully saturated rings. The van der Waals surface area contributed by atoms with E-state index in [1.54, 1.807) is 0 Å². The zero-order valence-corrected chi connectivity index (χ0v) is 30.8. The van der Waals surface area contributed by atoms with Crippen molar-refractivity contribution in [3.63, 3.8) is 0 Å².